The maximum absolute atomic E-state index is 8.51. The summed E-state index contributed by atoms with van der Waals surface area (Å²) in [6.07, 6.45) is -0.134. The van der Waals surface area contributed by atoms with Crippen LogP contribution in [0, 0.1) is 0 Å². The van der Waals surface area contributed by atoms with Gasteiger partial charge in [0.05, 0.1) is 0 Å². The van der Waals surface area contributed by atoms with Crippen LogP contribution >= 0.6 is 0 Å². The minimum atomic E-state index is -2.44. The van der Waals surface area contributed by atoms with Crippen molar-refractivity contribution in [2.24, 2.45) is 0 Å². The summed E-state index contributed by atoms with van der Waals surface area (Å²) >= 11 is 0. The minimum Gasteiger partial charge on any atom is -0.402 e. The van der Waals surface area contributed by atoms with Gasteiger partial charge in [-0.1, -0.05) is 6.92 Å². The standard InChI is InChI=1S/C3H9BO5/c1-2-3(5,6)9-4(7)8/h5-8H,2H2,1H3. The van der Waals surface area contributed by atoms with Gasteiger partial charge in [0.15, 0.2) is 0 Å². The molecule has 0 radical (unpaired) electrons. The van der Waals surface area contributed by atoms with E-state index in [1.54, 1.807) is 0 Å². The van der Waals surface area contributed by atoms with E-state index in [1.807, 2.05) is 0 Å². The van der Waals surface area contributed by atoms with Crippen LogP contribution in [0.15, 0.2) is 0 Å². The van der Waals surface area contributed by atoms with E-state index in [4.69, 9.17) is 20.3 Å². The van der Waals surface area contributed by atoms with Crippen LogP contribution in [0.3, 0.4) is 0 Å². The Bertz CT molecular complexity index is 82.3. The van der Waals surface area contributed by atoms with Crippen molar-refractivity contribution < 1.29 is 24.9 Å². The van der Waals surface area contributed by atoms with Crippen molar-refractivity contribution in [1.29, 1.82) is 0 Å². The highest BCUT2D eigenvalue weighted by Crippen LogP contribution is 2.05. The molecule has 0 fully saturated rings. The molecule has 0 aromatic carbocycles. The molecule has 0 aromatic heterocycles. The Labute approximate surface area is 52.7 Å². The van der Waals surface area contributed by atoms with Gasteiger partial charge in [0.2, 0.25) is 0 Å². The zero-order valence-electron chi connectivity index (χ0n) is 4.98. The van der Waals surface area contributed by atoms with E-state index >= 15 is 0 Å². The molecule has 0 rings (SSSR count). The summed E-state index contributed by atoms with van der Waals surface area (Å²) < 4.78 is 3.81. The Hall–Kier alpha value is -0.135. The molecule has 0 aliphatic carbocycles. The third-order valence-electron chi connectivity index (χ3n) is 0.755. The first-order valence-electron chi connectivity index (χ1n) is 2.46. The van der Waals surface area contributed by atoms with Gasteiger partial charge in [-0.2, -0.15) is 0 Å². The summed E-state index contributed by atoms with van der Waals surface area (Å²) in [5.74, 6) is -2.44. The minimum absolute atomic E-state index is 0.134. The van der Waals surface area contributed by atoms with E-state index in [2.05, 4.69) is 4.65 Å². The molecular formula is C3H9BO5. The highest BCUT2D eigenvalue weighted by atomic mass is 16.8. The Kier molecular flexibility index (Phi) is 3.09. The third kappa shape index (κ3) is 4.37. The molecule has 0 bridgehead atoms. The molecule has 0 saturated carbocycles. The fraction of sp³-hybridized carbons (Fsp3) is 1.00. The van der Waals surface area contributed by atoms with Crippen molar-refractivity contribution in [3.8, 4) is 0 Å². The van der Waals surface area contributed by atoms with Crippen LogP contribution in [0.5, 0.6) is 0 Å². The van der Waals surface area contributed by atoms with Crippen LogP contribution in [-0.4, -0.2) is 33.6 Å². The van der Waals surface area contributed by atoms with Gasteiger partial charge in [-0.05, 0) is 0 Å². The number of rotatable bonds is 3. The van der Waals surface area contributed by atoms with Crippen LogP contribution in [0.4, 0.5) is 0 Å². The van der Waals surface area contributed by atoms with E-state index < -0.39 is 13.3 Å². The summed E-state index contributed by atoms with van der Waals surface area (Å²) in [4.78, 5) is 0. The van der Waals surface area contributed by atoms with Crippen LogP contribution < -0.4 is 0 Å². The molecule has 0 aliphatic rings. The predicted molar refractivity (Wildman–Crippen MR) is 28.7 cm³/mol. The molecular weight excluding hydrogens is 127 g/mol. The van der Waals surface area contributed by atoms with Gasteiger partial charge in [-0.15, -0.1) is 0 Å². The number of hydrogen-bond acceptors (Lipinski definition) is 5. The van der Waals surface area contributed by atoms with E-state index in [1.165, 1.54) is 6.92 Å². The lowest BCUT2D eigenvalue weighted by Crippen LogP contribution is -2.38. The molecule has 0 unspecified atom stereocenters. The van der Waals surface area contributed by atoms with Gasteiger partial charge < -0.3 is 24.9 Å². The highest BCUT2D eigenvalue weighted by Gasteiger charge is 2.27. The second-order valence-electron chi connectivity index (χ2n) is 1.54. The normalized spacial score (nSPS) is 11.7. The molecule has 9 heavy (non-hydrogen) atoms. The Balaban J connectivity index is 3.58. The summed E-state index contributed by atoms with van der Waals surface area (Å²) in [6, 6.07) is 0. The van der Waals surface area contributed by atoms with Gasteiger partial charge in [-0.25, -0.2) is 0 Å². The van der Waals surface area contributed by atoms with E-state index in [-0.39, 0.29) is 6.42 Å². The van der Waals surface area contributed by atoms with Crippen molar-refractivity contribution >= 4 is 7.32 Å². The Morgan fingerprint density at radius 2 is 1.89 bits per heavy atom. The van der Waals surface area contributed by atoms with Crippen LogP contribution in [0.1, 0.15) is 13.3 Å². The number of aliphatic hydroxyl groups is 2. The molecule has 0 atom stereocenters. The van der Waals surface area contributed by atoms with Gasteiger partial charge in [0.25, 0.3) is 5.97 Å². The largest absolute Gasteiger partial charge is 0.637 e. The van der Waals surface area contributed by atoms with Gasteiger partial charge in [0.1, 0.15) is 0 Å². The molecule has 0 heterocycles. The average molecular weight is 136 g/mol. The first-order chi connectivity index (χ1) is 3.98. The van der Waals surface area contributed by atoms with E-state index in [0.717, 1.165) is 0 Å². The van der Waals surface area contributed by atoms with Crippen molar-refractivity contribution in [2.45, 2.75) is 19.3 Å². The van der Waals surface area contributed by atoms with Crippen LogP contribution in [0.25, 0.3) is 0 Å². The smallest absolute Gasteiger partial charge is 0.402 e. The zero-order valence-corrected chi connectivity index (χ0v) is 4.98. The maximum atomic E-state index is 8.51. The average Bonchev–Trinajstić information content (AvgIpc) is 1.63. The lowest BCUT2D eigenvalue weighted by Gasteiger charge is -2.18. The molecule has 0 saturated heterocycles. The summed E-state index contributed by atoms with van der Waals surface area (Å²) in [5, 5.41) is 33.1. The van der Waals surface area contributed by atoms with Gasteiger partial charge >= 0.3 is 7.32 Å². The van der Waals surface area contributed by atoms with Crippen molar-refractivity contribution in [2.75, 3.05) is 0 Å². The first kappa shape index (κ1) is 8.86. The summed E-state index contributed by atoms with van der Waals surface area (Å²) in [6.45, 7) is 1.42. The van der Waals surface area contributed by atoms with Crippen molar-refractivity contribution in [1.82, 2.24) is 0 Å². The lowest BCUT2D eigenvalue weighted by atomic mass is 10.2. The second kappa shape index (κ2) is 3.14. The quantitative estimate of drug-likeness (QED) is 0.266. The summed E-state index contributed by atoms with van der Waals surface area (Å²) in [7, 11) is -2.15. The summed E-state index contributed by atoms with van der Waals surface area (Å²) in [5.41, 5.74) is 0. The molecule has 0 aromatic rings. The molecule has 0 aliphatic heterocycles. The van der Waals surface area contributed by atoms with Gasteiger partial charge in [0, 0.05) is 6.42 Å². The van der Waals surface area contributed by atoms with Crippen LogP contribution in [-0.2, 0) is 4.65 Å². The molecule has 0 amide bonds. The lowest BCUT2D eigenvalue weighted by molar-refractivity contribution is -0.305. The zero-order chi connectivity index (χ0) is 7.49. The van der Waals surface area contributed by atoms with E-state index in [9.17, 15) is 0 Å². The number of hydrogen-bond donors (Lipinski definition) is 4. The molecule has 54 valence electrons. The third-order valence-corrected chi connectivity index (χ3v) is 0.755. The molecule has 5 nitrogen and oxygen atoms in total. The fourth-order valence-electron chi connectivity index (χ4n) is 0.252. The monoisotopic (exact) mass is 136 g/mol. The molecule has 4 N–H and O–H groups in total. The van der Waals surface area contributed by atoms with Crippen molar-refractivity contribution in [3.63, 3.8) is 0 Å². The highest BCUT2D eigenvalue weighted by molar-refractivity contribution is 6.32. The fourth-order valence-corrected chi connectivity index (χ4v) is 0.252. The van der Waals surface area contributed by atoms with E-state index in [0.29, 0.717) is 0 Å². The SMILES string of the molecule is CCC(O)(O)OB(O)O. The molecule has 6 heteroatoms. The maximum Gasteiger partial charge on any atom is 0.637 e. The predicted octanol–water partition coefficient (Wildman–Crippen LogP) is -1.98. The topological polar surface area (TPSA) is 90.2 Å². The van der Waals surface area contributed by atoms with Crippen molar-refractivity contribution in [3.05, 3.63) is 0 Å². The Morgan fingerprint density at radius 1 is 1.44 bits per heavy atom. The second-order valence-corrected chi connectivity index (χ2v) is 1.54. The first-order valence-corrected chi connectivity index (χ1v) is 2.46. The van der Waals surface area contributed by atoms with Gasteiger partial charge in [-0.3, -0.25) is 0 Å². The Morgan fingerprint density at radius 3 is 2.00 bits per heavy atom. The molecule has 0 spiro atoms. The van der Waals surface area contributed by atoms with Crippen LogP contribution in [0.2, 0.25) is 0 Å².